The molecule has 2 aromatic rings. The highest BCUT2D eigenvalue weighted by molar-refractivity contribution is 5.89. The summed E-state index contributed by atoms with van der Waals surface area (Å²) < 4.78 is 3.78. The van der Waals surface area contributed by atoms with E-state index in [1.807, 2.05) is 31.3 Å². The first-order chi connectivity index (χ1) is 10.1. The fraction of sp³-hybridized carbons (Fsp3) is 0.467. The molecule has 1 saturated heterocycles. The molecule has 3 rings (SSSR count). The summed E-state index contributed by atoms with van der Waals surface area (Å²) in [6, 6.07) is 4.23. The minimum atomic E-state index is -0.0473. The Balaban J connectivity index is 1.77. The van der Waals surface area contributed by atoms with Crippen molar-refractivity contribution in [3.8, 4) is 0 Å². The molecular weight excluding hydrogens is 266 g/mol. The van der Waals surface area contributed by atoms with Gasteiger partial charge in [-0.2, -0.15) is 5.10 Å². The molecule has 0 spiro atoms. The molecular formula is C15H21N5O. The maximum atomic E-state index is 12.6. The molecule has 3 heterocycles. The van der Waals surface area contributed by atoms with Crippen LogP contribution in [0.3, 0.4) is 0 Å². The van der Waals surface area contributed by atoms with Crippen LogP contribution in [0.5, 0.6) is 0 Å². The van der Waals surface area contributed by atoms with Gasteiger partial charge in [-0.15, -0.1) is 0 Å². The van der Waals surface area contributed by atoms with E-state index in [4.69, 9.17) is 0 Å². The Morgan fingerprint density at radius 2 is 2.24 bits per heavy atom. The summed E-state index contributed by atoms with van der Waals surface area (Å²) in [5.74, 6) is 0. The van der Waals surface area contributed by atoms with Crippen molar-refractivity contribution in [2.24, 2.45) is 14.1 Å². The fourth-order valence-electron chi connectivity index (χ4n) is 2.98. The van der Waals surface area contributed by atoms with Crippen LogP contribution in [0.2, 0.25) is 0 Å². The molecule has 0 radical (unpaired) electrons. The van der Waals surface area contributed by atoms with Crippen molar-refractivity contribution in [1.29, 1.82) is 0 Å². The number of urea groups is 1. The zero-order valence-corrected chi connectivity index (χ0v) is 12.5. The van der Waals surface area contributed by atoms with E-state index in [0.717, 1.165) is 31.5 Å². The van der Waals surface area contributed by atoms with Crippen LogP contribution in [0.15, 0.2) is 30.7 Å². The van der Waals surface area contributed by atoms with Crippen LogP contribution >= 0.6 is 0 Å². The van der Waals surface area contributed by atoms with Gasteiger partial charge in [-0.25, -0.2) is 4.79 Å². The molecule has 1 N–H and O–H groups in total. The number of carbonyl (C=O) groups is 1. The molecule has 21 heavy (non-hydrogen) atoms. The van der Waals surface area contributed by atoms with Gasteiger partial charge in [0.25, 0.3) is 0 Å². The molecule has 2 amide bonds. The predicted molar refractivity (Wildman–Crippen MR) is 80.9 cm³/mol. The average Bonchev–Trinajstić information content (AvgIpc) is 3.07. The normalized spacial score (nSPS) is 18.8. The zero-order valence-electron chi connectivity index (χ0n) is 12.5. The molecule has 2 aromatic heterocycles. The van der Waals surface area contributed by atoms with E-state index in [0.29, 0.717) is 0 Å². The largest absolute Gasteiger partial charge is 0.353 e. The summed E-state index contributed by atoms with van der Waals surface area (Å²) in [5, 5.41) is 7.02. The highest BCUT2D eigenvalue weighted by Gasteiger charge is 2.29. The van der Waals surface area contributed by atoms with Crippen LogP contribution < -0.4 is 5.32 Å². The maximum absolute atomic E-state index is 12.6. The van der Waals surface area contributed by atoms with E-state index in [9.17, 15) is 4.79 Å². The first kappa shape index (κ1) is 13.7. The Bertz CT molecular complexity index is 630. The molecule has 112 valence electrons. The number of anilines is 1. The third-order valence-corrected chi connectivity index (χ3v) is 4.05. The number of aryl methyl sites for hydroxylation is 2. The minimum absolute atomic E-state index is 0.0473. The van der Waals surface area contributed by atoms with Crippen LogP contribution in [-0.2, 0) is 14.1 Å². The molecule has 0 aliphatic carbocycles. The lowest BCUT2D eigenvalue weighted by Crippen LogP contribution is -2.41. The molecule has 6 heteroatoms. The van der Waals surface area contributed by atoms with Gasteiger partial charge >= 0.3 is 6.03 Å². The van der Waals surface area contributed by atoms with Crippen molar-refractivity contribution in [3.05, 3.63) is 36.4 Å². The van der Waals surface area contributed by atoms with Crippen LogP contribution in [0.25, 0.3) is 0 Å². The maximum Gasteiger partial charge on any atom is 0.322 e. The number of aromatic nitrogens is 3. The lowest BCUT2D eigenvalue weighted by atomic mass is 10.00. The van der Waals surface area contributed by atoms with E-state index >= 15 is 0 Å². The van der Waals surface area contributed by atoms with Crippen molar-refractivity contribution in [2.45, 2.75) is 25.3 Å². The third-order valence-electron chi connectivity index (χ3n) is 4.05. The van der Waals surface area contributed by atoms with Crippen molar-refractivity contribution in [3.63, 3.8) is 0 Å². The van der Waals surface area contributed by atoms with E-state index in [2.05, 4.69) is 21.0 Å². The second-order valence-corrected chi connectivity index (χ2v) is 5.58. The van der Waals surface area contributed by atoms with E-state index in [-0.39, 0.29) is 12.1 Å². The molecule has 1 aliphatic rings. The monoisotopic (exact) mass is 287 g/mol. The molecule has 1 aliphatic heterocycles. The Hall–Kier alpha value is -2.24. The van der Waals surface area contributed by atoms with Crippen molar-refractivity contribution in [2.75, 3.05) is 11.9 Å². The molecule has 0 aromatic carbocycles. The SMILES string of the molecule is Cn1cc(NC(=O)N2CCCCC2c2cccn2C)cn1. The number of nitrogens with zero attached hydrogens (tertiary/aromatic N) is 4. The lowest BCUT2D eigenvalue weighted by molar-refractivity contribution is 0.160. The summed E-state index contributed by atoms with van der Waals surface area (Å²) >= 11 is 0. The highest BCUT2D eigenvalue weighted by atomic mass is 16.2. The Morgan fingerprint density at radius 3 is 2.90 bits per heavy atom. The Kier molecular flexibility index (Phi) is 3.68. The van der Waals surface area contributed by atoms with Crippen molar-refractivity contribution < 1.29 is 4.79 Å². The van der Waals surface area contributed by atoms with Crippen LogP contribution in [0.1, 0.15) is 31.0 Å². The Morgan fingerprint density at radius 1 is 1.38 bits per heavy atom. The number of hydrogen-bond donors (Lipinski definition) is 1. The number of carbonyl (C=O) groups excluding carboxylic acids is 1. The quantitative estimate of drug-likeness (QED) is 0.922. The molecule has 0 bridgehead atoms. The number of hydrogen-bond acceptors (Lipinski definition) is 2. The predicted octanol–water partition coefficient (Wildman–Crippen LogP) is 2.52. The minimum Gasteiger partial charge on any atom is -0.353 e. The van der Waals surface area contributed by atoms with Gasteiger partial charge in [-0.05, 0) is 31.4 Å². The van der Waals surface area contributed by atoms with Crippen molar-refractivity contribution in [1.82, 2.24) is 19.2 Å². The summed E-state index contributed by atoms with van der Waals surface area (Å²) in [7, 11) is 3.87. The second kappa shape index (κ2) is 5.63. The molecule has 1 fully saturated rings. The third kappa shape index (κ3) is 2.79. The molecule has 6 nitrogen and oxygen atoms in total. The van der Waals surface area contributed by atoms with Crippen LogP contribution in [0, 0.1) is 0 Å². The topological polar surface area (TPSA) is 55.1 Å². The average molecular weight is 287 g/mol. The van der Waals surface area contributed by atoms with E-state index in [1.165, 1.54) is 5.69 Å². The summed E-state index contributed by atoms with van der Waals surface area (Å²) in [6.07, 6.45) is 8.73. The number of nitrogens with one attached hydrogen (secondary N) is 1. The summed E-state index contributed by atoms with van der Waals surface area (Å²) in [6.45, 7) is 0.794. The van der Waals surface area contributed by atoms with E-state index < -0.39 is 0 Å². The fourth-order valence-corrected chi connectivity index (χ4v) is 2.98. The first-order valence-corrected chi connectivity index (χ1v) is 7.32. The van der Waals surface area contributed by atoms with Crippen LogP contribution in [0.4, 0.5) is 10.5 Å². The molecule has 1 atom stereocenters. The number of piperidine rings is 1. The van der Waals surface area contributed by atoms with Gasteiger partial charge in [0.1, 0.15) is 0 Å². The van der Waals surface area contributed by atoms with Gasteiger partial charge in [0.15, 0.2) is 0 Å². The number of amides is 2. The summed E-state index contributed by atoms with van der Waals surface area (Å²) in [4.78, 5) is 14.5. The van der Waals surface area contributed by atoms with Crippen LogP contribution in [-0.4, -0.2) is 31.8 Å². The van der Waals surface area contributed by atoms with Gasteiger partial charge in [0.05, 0.1) is 17.9 Å². The van der Waals surface area contributed by atoms with Gasteiger partial charge in [0, 0.05) is 38.7 Å². The van der Waals surface area contributed by atoms with Gasteiger partial charge in [0.2, 0.25) is 0 Å². The zero-order chi connectivity index (χ0) is 14.8. The standard InChI is InChI=1S/C15H21N5O/c1-18-8-5-7-13(18)14-6-3-4-9-20(14)15(21)17-12-10-16-19(2)11-12/h5,7-8,10-11,14H,3-4,6,9H2,1-2H3,(H,17,21). The number of rotatable bonds is 2. The first-order valence-electron chi connectivity index (χ1n) is 7.32. The van der Waals surface area contributed by atoms with Gasteiger partial charge in [-0.1, -0.05) is 0 Å². The Labute approximate surface area is 124 Å². The van der Waals surface area contributed by atoms with Crippen molar-refractivity contribution >= 4 is 11.7 Å². The molecule has 1 unspecified atom stereocenters. The smallest absolute Gasteiger partial charge is 0.322 e. The summed E-state index contributed by atoms with van der Waals surface area (Å²) in [5.41, 5.74) is 1.93. The van der Waals surface area contributed by atoms with Gasteiger partial charge < -0.3 is 14.8 Å². The molecule has 0 saturated carbocycles. The van der Waals surface area contributed by atoms with Gasteiger partial charge in [-0.3, -0.25) is 4.68 Å². The van der Waals surface area contributed by atoms with E-state index in [1.54, 1.807) is 17.1 Å². The lowest BCUT2D eigenvalue weighted by Gasteiger charge is -2.35. The second-order valence-electron chi connectivity index (χ2n) is 5.58. The number of likely N-dealkylation sites (tertiary alicyclic amines) is 1. The highest BCUT2D eigenvalue weighted by Crippen LogP contribution is 2.31.